The molecule has 2 N–H and O–H groups in total. The zero-order valence-corrected chi connectivity index (χ0v) is 14.7. The van der Waals surface area contributed by atoms with Gasteiger partial charge in [0.25, 0.3) is 0 Å². The molecule has 2 aromatic heterocycles. The number of methoxy groups -OCH3 is 1. The zero-order chi connectivity index (χ0) is 17.6. The van der Waals surface area contributed by atoms with E-state index in [1.54, 1.807) is 31.6 Å². The van der Waals surface area contributed by atoms with E-state index in [1.807, 2.05) is 31.2 Å². The van der Waals surface area contributed by atoms with E-state index in [9.17, 15) is 0 Å². The summed E-state index contributed by atoms with van der Waals surface area (Å²) >= 11 is 6.15. The van der Waals surface area contributed by atoms with Gasteiger partial charge in [0.05, 0.1) is 12.1 Å². The number of nitrogens with one attached hydrogen (secondary N) is 2. The van der Waals surface area contributed by atoms with Crippen LogP contribution < -0.4 is 15.4 Å². The van der Waals surface area contributed by atoms with Crippen molar-refractivity contribution < 1.29 is 4.74 Å². The molecule has 128 valence electrons. The highest BCUT2D eigenvalue weighted by atomic mass is 35.5. The predicted octanol–water partition coefficient (Wildman–Crippen LogP) is 4.20. The number of aryl methyl sites for hydroxylation is 1. The van der Waals surface area contributed by atoms with Crippen LogP contribution in [0.3, 0.4) is 0 Å². The number of ether oxygens (including phenoxy) is 1. The standard InChI is InChI=1S/C18H18ClN5O/c1-12-9-17(21-11-13-5-7-20-8-6-13)24-18(22-12)23-14-3-4-16(25-2)15(19)10-14/h3-10H,11H2,1-2H3,(H2,21,22,23,24). The van der Waals surface area contributed by atoms with Crippen molar-refractivity contribution in [2.24, 2.45) is 0 Å². The Labute approximate surface area is 151 Å². The third-order valence-corrected chi connectivity index (χ3v) is 3.78. The van der Waals surface area contributed by atoms with Gasteiger partial charge in [-0.25, -0.2) is 4.98 Å². The smallest absolute Gasteiger partial charge is 0.229 e. The summed E-state index contributed by atoms with van der Waals surface area (Å²) in [5, 5.41) is 6.98. The number of rotatable bonds is 6. The highest BCUT2D eigenvalue weighted by Gasteiger charge is 2.06. The van der Waals surface area contributed by atoms with Gasteiger partial charge in [-0.05, 0) is 42.8 Å². The molecule has 7 heteroatoms. The molecular formula is C18H18ClN5O. The highest BCUT2D eigenvalue weighted by Crippen LogP contribution is 2.28. The van der Waals surface area contributed by atoms with Crippen LogP contribution in [0.15, 0.2) is 48.8 Å². The largest absolute Gasteiger partial charge is 0.495 e. The van der Waals surface area contributed by atoms with Crippen LogP contribution in [0, 0.1) is 6.92 Å². The van der Waals surface area contributed by atoms with Gasteiger partial charge in [0.2, 0.25) is 5.95 Å². The minimum Gasteiger partial charge on any atom is -0.495 e. The Balaban J connectivity index is 1.74. The van der Waals surface area contributed by atoms with Crippen molar-refractivity contribution in [2.45, 2.75) is 13.5 Å². The van der Waals surface area contributed by atoms with E-state index in [4.69, 9.17) is 16.3 Å². The molecule has 6 nitrogen and oxygen atoms in total. The quantitative estimate of drug-likeness (QED) is 0.690. The average Bonchev–Trinajstić information content (AvgIpc) is 2.61. The minimum absolute atomic E-state index is 0.499. The summed E-state index contributed by atoms with van der Waals surface area (Å²) in [6.07, 6.45) is 3.53. The predicted molar refractivity (Wildman–Crippen MR) is 99.6 cm³/mol. The molecule has 25 heavy (non-hydrogen) atoms. The fourth-order valence-electron chi connectivity index (χ4n) is 2.28. The Morgan fingerprint density at radius 3 is 2.60 bits per heavy atom. The minimum atomic E-state index is 0.499. The van der Waals surface area contributed by atoms with Crippen LogP contribution >= 0.6 is 11.6 Å². The van der Waals surface area contributed by atoms with Crippen LogP contribution in [-0.4, -0.2) is 22.1 Å². The van der Waals surface area contributed by atoms with Crippen molar-refractivity contribution in [2.75, 3.05) is 17.7 Å². The van der Waals surface area contributed by atoms with E-state index in [0.717, 1.165) is 22.8 Å². The van der Waals surface area contributed by atoms with Crippen LogP contribution in [0.1, 0.15) is 11.3 Å². The van der Waals surface area contributed by atoms with Gasteiger partial charge in [-0.1, -0.05) is 11.6 Å². The third kappa shape index (κ3) is 4.58. The Kier molecular flexibility index (Phi) is 5.30. The number of pyridine rings is 1. The van der Waals surface area contributed by atoms with Crippen LogP contribution in [0.5, 0.6) is 5.75 Å². The molecule has 0 spiro atoms. The Hall–Kier alpha value is -2.86. The SMILES string of the molecule is COc1ccc(Nc2nc(C)cc(NCc3ccncc3)n2)cc1Cl. The van der Waals surface area contributed by atoms with E-state index in [2.05, 4.69) is 25.6 Å². The number of hydrogen-bond donors (Lipinski definition) is 2. The van der Waals surface area contributed by atoms with Crippen LogP contribution in [0.25, 0.3) is 0 Å². The molecule has 0 atom stereocenters. The normalized spacial score (nSPS) is 10.4. The summed E-state index contributed by atoms with van der Waals surface area (Å²) in [5.74, 6) is 1.86. The maximum atomic E-state index is 6.15. The van der Waals surface area contributed by atoms with E-state index in [1.165, 1.54) is 0 Å². The molecule has 0 radical (unpaired) electrons. The first-order valence-electron chi connectivity index (χ1n) is 7.73. The lowest BCUT2D eigenvalue weighted by molar-refractivity contribution is 0.415. The topological polar surface area (TPSA) is 72.0 Å². The lowest BCUT2D eigenvalue weighted by atomic mass is 10.3. The maximum Gasteiger partial charge on any atom is 0.229 e. The molecule has 3 rings (SSSR count). The van der Waals surface area contributed by atoms with Crippen molar-refractivity contribution in [1.29, 1.82) is 0 Å². The molecule has 2 heterocycles. The molecule has 0 aliphatic heterocycles. The summed E-state index contributed by atoms with van der Waals surface area (Å²) < 4.78 is 5.16. The second kappa shape index (κ2) is 7.81. The van der Waals surface area contributed by atoms with Crippen LogP contribution in [0.2, 0.25) is 5.02 Å². The van der Waals surface area contributed by atoms with Gasteiger partial charge in [0.15, 0.2) is 0 Å². The van der Waals surface area contributed by atoms with Crippen molar-refractivity contribution in [1.82, 2.24) is 15.0 Å². The number of benzene rings is 1. The average molecular weight is 356 g/mol. The monoisotopic (exact) mass is 355 g/mol. The van der Waals surface area contributed by atoms with E-state index in [0.29, 0.717) is 23.3 Å². The lowest BCUT2D eigenvalue weighted by Gasteiger charge is -2.11. The molecule has 0 saturated heterocycles. The molecule has 0 saturated carbocycles. The second-order valence-corrected chi connectivity index (χ2v) is 5.81. The number of halogens is 1. The molecule has 0 aliphatic rings. The summed E-state index contributed by atoms with van der Waals surface area (Å²) in [6.45, 7) is 2.58. The summed E-state index contributed by atoms with van der Waals surface area (Å²) in [7, 11) is 1.58. The third-order valence-electron chi connectivity index (χ3n) is 3.49. The first kappa shape index (κ1) is 17.0. The number of anilines is 3. The molecule has 0 bridgehead atoms. The Morgan fingerprint density at radius 2 is 1.88 bits per heavy atom. The molecular weight excluding hydrogens is 338 g/mol. The van der Waals surface area contributed by atoms with Crippen molar-refractivity contribution in [3.05, 3.63) is 65.1 Å². The van der Waals surface area contributed by atoms with E-state index >= 15 is 0 Å². The highest BCUT2D eigenvalue weighted by molar-refractivity contribution is 6.32. The number of nitrogens with zero attached hydrogens (tertiary/aromatic N) is 3. The van der Waals surface area contributed by atoms with Gasteiger partial charge in [-0.3, -0.25) is 4.98 Å². The molecule has 1 aromatic carbocycles. The maximum absolute atomic E-state index is 6.15. The fourth-order valence-corrected chi connectivity index (χ4v) is 2.54. The van der Waals surface area contributed by atoms with Gasteiger partial charge in [0, 0.05) is 36.4 Å². The molecule has 0 unspecified atom stereocenters. The second-order valence-electron chi connectivity index (χ2n) is 5.40. The molecule has 0 aliphatic carbocycles. The van der Waals surface area contributed by atoms with Crippen LogP contribution in [-0.2, 0) is 6.54 Å². The first-order chi connectivity index (χ1) is 12.1. The Morgan fingerprint density at radius 1 is 1.08 bits per heavy atom. The number of aromatic nitrogens is 3. The molecule has 0 amide bonds. The van der Waals surface area contributed by atoms with Crippen molar-refractivity contribution in [3.8, 4) is 5.75 Å². The van der Waals surface area contributed by atoms with Gasteiger partial charge in [-0.2, -0.15) is 4.98 Å². The summed E-state index contributed by atoms with van der Waals surface area (Å²) in [5.41, 5.74) is 2.77. The summed E-state index contributed by atoms with van der Waals surface area (Å²) in [4.78, 5) is 12.9. The van der Waals surface area contributed by atoms with Crippen LogP contribution in [0.4, 0.5) is 17.5 Å². The first-order valence-corrected chi connectivity index (χ1v) is 8.11. The van der Waals surface area contributed by atoms with Gasteiger partial charge >= 0.3 is 0 Å². The lowest BCUT2D eigenvalue weighted by Crippen LogP contribution is -2.05. The molecule has 3 aromatic rings. The summed E-state index contributed by atoms with van der Waals surface area (Å²) in [6, 6.07) is 11.2. The number of hydrogen-bond acceptors (Lipinski definition) is 6. The molecule has 0 fully saturated rings. The van der Waals surface area contributed by atoms with E-state index in [-0.39, 0.29) is 0 Å². The van der Waals surface area contributed by atoms with Crippen molar-refractivity contribution in [3.63, 3.8) is 0 Å². The van der Waals surface area contributed by atoms with Gasteiger partial charge in [-0.15, -0.1) is 0 Å². The van der Waals surface area contributed by atoms with Gasteiger partial charge in [0.1, 0.15) is 11.6 Å². The Bertz CT molecular complexity index is 857. The van der Waals surface area contributed by atoms with Crippen molar-refractivity contribution >= 4 is 29.1 Å². The van der Waals surface area contributed by atoms with E-state index < -0.39 is 0 Å². The van der Waals surface area contributed by atoms with Gasteiger partial charge < -0.3 is 15.4 Å². The zero-order valence-electron chi connectivity index (χ0n) is 14.0. The fraction of sp³-hybridized carbons (Fsp3) is 0.167.